The highest BCUT2D eigenvalue weighted by Gasteiger charge is 2.31. The predicted molar refractivity (Wildman–Crippen MR) is 128 cm³/mol. The molecule has 170 valence electrons. The number of nitrogens with zero attached hydrogens (tertiary/aromatic N) is 4. The second-order valence-corrected chi connectivity index (χ2v) is 8.94. The van der Waals surface area contributed by atoms with Crippen molar-refractivity contribution in [1.82, 2.24) is 20.0 Å². The van der Waals surface area contributed by atoms with Crippen molar-refractivity contribution in [2.75, 3.05) is 37.6 Å². The third-order valence-electron chi connectivity index (χ3n) is 6.71. The minimum absolute atomic E-state index is 0.00389. The van der Waals surface area contributed by atoms with Gasteiger partial charge in [-0.1, -0.05) is 35.9 Å². The Morgan fingerprint density at radius 1 is 0.879 bits per heavy atom. The number of anilines is 1. The second-order valence-electron chi connectivity index (χ2n) is 8.94. The predicted octanol–water partition coefficient (Wildman–Crippen LogP) is 3.19. The number of amides is 2. The highest BCUT2D eigenvalue weighted by molar-refractivity contribution is 5.96. The first kappa shape index (κ1) is 21.2. The summed E-state index contributed by atoms with van der Waals surface area (Å²) in [6.07, 6.45) is 0.675. The summed E-state index contributed by atoms with van der Waals surface area (Å²) in [6.45, 7) is 8.01. The van der Waals surface area contributed by atoms with Gasteiger partial charge in [0.15, 0.2) is 5.69 Å². The van der Waals surface area contributed by atoms with E-state index >= 15 is 0 Å². The molecule has 0 aliphatic carbocycles. The number of fused-ring (bicyclic) bond motifs is 1. The second kappa shape index (κ2) is 8.73. The van der Waals surface area contributed by atoms with E-state index in [1.165, 1.54) is 11.3 Å². The number of piperazine rings is 1. The summed E-state index contributed by atoms with van der Waals surface area (Å²) in [5, 5.41) is 7.43. The molecule has 0 unspecified atom stereocenters. The van der Waals surface area contributed by atoms with Gasteiger partial charge in [-0.25, -0.2) is 0 Å². The van der Waals surface area contributed by atoms with Crippen LogP contribution in [-0.2, 0) is 13.0 Å². The lowest BCUT2D eigenvalue weighted by Gasteiger charge is -2.36. The molecule has 1 aromatic heterocycles. The minimum atomic E-state index is -0.0539. The van der Waals surface area contributed by atoms with Crippen LogP contribution in [-0.4, -0.2) is 64.5 Å². The van der Waals surface area contributed by atoms with Crippen LogP contribution in [0.2, 0.25) is 0 Å². The number of hydrogen-bond donors (Lipinski definition) is 1. The van der Waals surface area contributed by atoms with Gasteiger partial charge in [0, 0.05) is 61.7 Å². The van der Waals surface area contributed by atoms with Crippen LogP contribution in [0.4, 0.5) is 5.69 Å². The van der Waals surface area contributed by atoms with Crippen LogP contribution in [0.1, 0.15) is 43.2 Å². The molecule has 2 amide bonds. The molecule has 5 rings (SSSR count). The smallest absolute Gasteiger partial charge is 0.274 e. The Morgan fingerprint density at radius 3 is 2.42 bits per heavy atom. The largest absolute Gasteiger partial charge is 0.368 e. The molecular weight excluding hydrogens is 414 g/mol. The summed E-state index contributed by atoms with van der Waals surface area (Å²) in [5.74, 6) is -0.0578. The molecule has 3 aromatic rings. The Balaban J connectivity index is 1.28. The van der Waals surface area contributed by atoms with Crippen LogP contribution in [0.5, 0.6) is 0 Å². The molecule has 0 atom stereocenters. The Hall–Kier alpha value is -3.61. The summed E-state index contributed by atoms with van der Waals surface area (Å²) in [5.41, 5.74) is 6.49. The third-order valence-corrected chi connectivity index (χ3v) is 6.71. The van der Waals surface area contributed by atoms with E-state index in [2.05, 4.69) is 40.2 Å². The fourth-order valence-electron chi connectivity index (χ4n) is 4.82. The Morgan fingerprint density at radius 2 is 1.67 bits per heavy atom. The number of carbonyl (C=O) groups is 2. The molecule has 33 heavy (non-hydrogen) atoms. The third kappa shape index (κ3) is 4.11. The molecule has 0 saturated carbocycles. The lowest BCUT2D eigenvalue weighted by Crippen LogP contribution is -2.49. The number of carbonyl (C=O) groups excluding carboxylic acids is 2. The average Bonchev–Trinajstić information content (AvgIpc) is 3.27. The van der Waals surface area contributed by atoms with Gasteiger partial charge in [0.1, 0.15) is 0 Å². The van der Waals surface area contributed by atoms with Crippen LogP contribution in [0.25, 0.3) is 0 Å². The summed E-state index contributed by atoms with van der Waals surface area (Å²) < 4.78 is 0. The Labute approximate surface area is 194 Å². The van der Waals surface area contributed by atoms with Crippen molar-refractivity contribution in [2.45, 2.75) is 26.8 Å². The molecule has 2 aliphatic heterocycles. The maximum Gasteiger partial charge on any atom is 0.274 e. The molecule has 2 aliphatic rings. The van der Waals surface area contributed by atoms with Crippen molar-refractivity contribution in [1.29, 1.82) is 0 Å². The quantitative estimate of drug-likeness (QED) is 0.675. The van der Waals surface area contributed by atoms with E-state index in [-0.39, 0.29) is 11.8 Å². The van der Waals surface area contributed by atoms with Gasteiger partial charge in [0.05, 0.1) is 6.54 Å². The monoisotopic (exact) mass is 443 g/mol. The van der Waals surface area contributed by atoms with E-state index in [0.717, 1.165) is 29.9 Å². The number of benzene rings is 2. The molecule has 1 saturated heterocycles. The summed E-state index contributed by atoms with van der Waals surface area (Å²) in [6, 6.07) is 16.0. The van der Waals surface area contributed by atoms with Gasteiger partial charge >= 0.3 is 0 Å². The molecule has 1 fully saturated rings. The maximum absolute atomic E-state index is 13.4. The van der Waals surface area contributed by atoms with Gasteiger partial charge in [-0.3, -0.25) is 14.7 Å². The number of H-pyrrole nitrogens is 1. The lowest BCUT2D eigenvalue weighted by molar-refractivity contribution is 0.0709. The fourth-order valence-corrected chi connectivity index (χ4v) is 4.82. The zero-order valence-electron chi connectivity index (χ0n) is 19.2. The fraction of sp³-hybridized carbons (Fsp3) is 0.346. The van der Waals surface area contributed by atoms with Crippen LogP contribution < -0.4 is 4.90 Å². The topological polar surface area (TPSA) is 72.5 Å². The van der Waals surface area contributed by atoms with Crippen molar-refractivity contribution in [2.24, 2.45) is 0 Å². The number of rotatable bonds is 3. The first-order valence-corrected chi connectivity index (χ1v) is 11.5. The highest BCUT2D eigenvalue weighted by Crippen LogP contribution is 2.25. The molecule has 2 aromatic carbocycles. The summed E-state index contributed by atoms with van der Waals surface area (Å²) >= 11 is 0. The molecule has 0 radical (unpaired) electrons. The molecular formula is C26H29N5O2. The highest BCUT2D eigenvalue weighted by atomic mass is 16.2. The van der Waals surface area contributed by atoms with E-state index in [9.17, 15) is 9.59 Å². The number of aromatic nitrogens is 2. The van der Waals surface area contributed by atoms with Crippen LogP contribution in [0.15, 0.2) is 48.5 Å². The van der Waals surface area contributed by atoms with Crippen LogP contribution >= 0.6 is 0 Å². The first-order valence-electron chi connectivity index (χ1n) is 11.5. The molecule has 3 heterocycles. The standard InChI is InChI=1S/C26H29N5O2/c1-18-6-5-8-20(16-18)25(32)31-11-10-22-21(17-31)24(28-27-22)26(33)30-14-12-29(13-15-30)23-9-4-3-7-19(23)2/h3-9,16H,10-15,17H2,1-2H3,(H,27,28). The van der Waals surface area contributed by atoms with Gasteiger partial charge < -0.3 is 14.7 Å². The lowest BCUT2D eigenvalue weighted by atomic mass is 10.0. The van der Waals surface area contributed by atoms with Crippen molar-refractivity contribution in [3.05, 3.63) is 82.2 Å². The summed E-state index contributed by atoms with van der Waals surface area (Å²) in [7, 11) is 0. The van der Waals surface area contributed by atoms with Crippen molar-refractivity contribution < 1.29 is 9.59 Å². The Kier molecular flexibility index (Phi) is 5.62. The van der Waals surface area contributed by atoms with Crippen LogP contribution in [0, 0.1) is 13.8 Å². The maximum atomic E-state index is 13.4. The van der Waals surface area contributed by atoms with E-state index in [4.69, 9.17) is 0 Å². The SMILES string of the molecule is Cc1cccc(C(=O)N2CCc3[nH]nc(C(=O)N4CCN(c5ccccc5C)CC4)c3C2)c1. The number of aromatic amines is 1. The number of para-hydroxylation sites is 1. The van der Waals surface area contributed by atoms with Gasteiger partial charge in [-0.2, -0.15) is 5.10 Å². The average molecular weight is 444 g/mol. The zero-order chi connectivity index (χ0) is 22.9. The van der Waals surface area contributed by atoms with Crippen molar-refractivity contribution in [3.63, 3.8) is 0 Å². The summed E-state index contributed by atoms with van der Waals surface area (Å²) in [4.78, 5) is 32.4. The first-order chi connectivity index (χ1) is 16.0. The van der Waals surface area contributed by atoms with Crippen molar-refractivity contribution in [3.8, 4) is 0 Å². The van der Waals surface area contributed by atoms with E-state index in [1.807, 2.05) is 47.1 Å². The zero-order valence-corrected chi connectivity index (χ0v) is 19.2. The molecule has 7 nitrogen and oxygen atoms in total. The van der Waals surface area contributed by atoms with Gasteiger partial charge in [0.25, 0.3) is 11.8 Å². The number of nitrogens with one attached hydrogen (secondary N) is 1. The van der Waals surface area contributed by atoms with Gasteiger partial charge in [0.2, 0.25) is 0 Å². The molecule has 7 heteroatoms. The van der Waals surface area contributed by atoms with E-state index in [0.29, 0.717) is 43.9 Å². The number of aryl methyl sites for hydroxylation is 2. The van der Waals surface area contributed by atoms with Gasteiger partial charge in [-0.05, 0) is 37.6 Å². The van der Waals surface area contributed by atoms with E-state index in [1.54, 1.807) is 0 Å². The number of hydrogen-bond acceptors (Lipinski definition) is 4. The van der Waals surface area contributed by atoms with Gasteiger partial charge in [-0.15, -0.1) is 0 Å². The molecule has 0 bridgehead atoms. The minimum Gasteiger partial charge on any atom is -0.368 e. The van der Waals surface area contributed by atoms with E-state index < -0.39 is 0 Å². The molecule has 1 N–H and O–H groups in total. The van der Waals surface area contributed by atoms with Crippen molar-refractivity contribution >= 4 is 17.5 Å². The Bertz CT molecular complexity index is 1190. The molecule has 0 spiro atoms. The normalized spacial score (nSPS) is 16.0. The van der Waals surface area contributed by atoms with Crippen LogP contribution in [0.3, 0.4) is 0 Å².